The van der Waals surface area contributed by atoms with E-state index in [1.165, 1.54) is 5.56 Å². The number of aryl methyl sites for hydroxylation is 1. The van der Waals surface area contributed by atoms with Crippen LogP contribution < -0.4 is 10.2 Å². The van der Waals surface area contributed by atoms with Crippen LogP contribution in [0, 0.1) is 0 Å². The van der Waals surface area contributed by atoms with Gasteiger partial charge in [0.2, 0.25) is 0 Å². The standard InChI is InChI=1S/C21H21N3O/c1-3-16-9-11-18(12-10-16)23-21(25)17-13-20(15-22-14-17)24(2)19-7-5-4-6-8-19/h4-15H,3H2,1-2H3,(H,23,25). The first-order valence-corrected chi connectivity index (χ1v) is 8.31. The van der Waals surface area contributed by atoms with E-state index in [-0.39, 0.29) is 5.91 Å². The smallest absolute Gasteiger partial charge is 0.257 e. The van der Waals surface area contributed by atoms with Crippen molar-refractivity contribution in [3.05, 3.63) is 84.2 Å². The lowest BCUT2D eigenvalue weighted by atomic mass is 10.1. The highest BCUT2D eigenvalue weighted by molar-refractivity contribution is 6.04. The maximum atomic E-state index is 12.5. The summed E-state index contributed by atoms with van der Waals surface area (Å²) in [7, 11) is 1.96. The molecule has 25 heavy (non-hydrogen) atoms. The Labute approximate surface area is 148 Å². The van der Waals surface area contributed by atoms with E-state index in [9.17, 15) is 4.79 Å². The van der Waals surface area contributed by atoms with E-state index in [1.807, 2.05) is 72.6 Å². The lowest BCUT2D eigenvalue weighted by molar-refractivity contribution is 0.102. The Morgan fingerprint density at radius 2 is 1.72 bits per heavy atom. The number of hydrogen-bond donors (Lipinski definition) is 1. The molecule has 0 unspecified atom stereocenters. The van der Waals surface area contributed by atoms with Crippen LogP contribution >= 0.6 is 0 Å². The molecular weight excluding hydrogens is 310 g/mol. The Balaban J connectivity index is 1.77. The summed E-state index contributed by atoms with van der Waals surface area (Å²) >= 11 is 0. The summed E-state index contributed by atoms with van der Waals surface area (Å²) in [6.45, 7) is 2.11. The van der Waals surface area contributed by atoms with Crippen LogP contribution in [0.2, 0.25) is 0 Å². The number of carbonyl (C=O) groups excluding carboxylic acids is 1. The average Bonchev–Trinajstić information content (AvgIpc) is 2.68. The van der Waals surface area contributed by atoms with E-state index < -0.39 is 0 Å². The number of aromatic nitrogens is 1. The van der Waals surface area contributed by atoms with Crippen molar-refractivity contribution in [1.29, 1.82) is 0 Å². The largest absolute Gasteiger partial charge is 0.343 e. The second kappa shape index (κ2) is 7.62. The molecule has 4 nitrogen and oxygen atoms in total. The topological polar surface area (TPSA) is 45.2 Å². The first-order chi connectivity index (χ1) is 12.2. The lowest BCUT2D eigenvalue weighted by Crippen LogP contribution is -2.15. The van der Waals surface area contributed by atoms with Crippen LogP contribution in [0.5, 0.6) is 0 Å². The summed E-state index contributed by atoms with van der Waals surface area (Å²) < 4.78 is 0. The molecule has 0 atom stereocenters. The molecule has 1 aromatic heterocycles. The fourth-order valence-electron chi connectivity index (χ4n) is 2.56. The predicted molar refractivity (Wildman–Crippen MR) is 103 cm³/mol. The molecule has 0 radical (unpaired) electrons. The van der Waals surface area contributed by atoms with Gasteiger partial charge in [-0.25, -0.2) is 0 Å². The van der Waals surface area contributed by atoms with Crippen LogP contribution in [0.15, 0.2) is 73.1 Å². The zero-order valence-corrected chi connectivity index (χ0v) is 14.4. The van der Waals surface area contributed by atoms with E-state index in [4.69, 9.17) is 0 Å². The van der Waals surface area contributed by atoms with E-state index in [0.29, 0.717) is 5.56 Å². The van der Waals surface area contributed by atoms with Gasteiger partial charge in [-0.1, -0.05) is 37.3 Å². The molecule has 0 saturated carbocycles. The minimum atomic E-state index is -0.167. The Kier molecular flexibility index (Phi) is 5.09. The van der Waals surface area contributed by atoms with Gasteiger partial charge in [0, 0.05) is 24.6 Å². The Morgan fingerprint density at radius 3 is 2.40 bits per heavy atom. The maximum Gasteiger partial charge on any atom is 0.257 e. The van der Waals surface area contributed by atoms with Gasteiger partial charge in [0.05, 0.1) is 17.4 Å². The molecule has 0 spiro atoms. The van der Waals surface area contributed by atoms with E-state index in [1.54, 1.807) is 12.4 Å². The third kappa shape index (κ3) is 4.04. The lowest BCUT2D eigenvalue weighted by Gasteiger charge is -2.19. The highest BCUT2D eigenvalue weighted by atomic mass is 16.1. The van der Waals surface area contributed by atoms with Crippen LogP contribution in [-0.2, 0) is 6.42 Å². The number of nitrogens with one attached hydrogen (secondary N) is 1. The van der Waals surface area contributed by atoms with Gasteiger partial charge in [0.1, 0.15) is 0 Å². The number of rotatable bonds is 5. The molecule has 0 bridgehead atoms. The fraction of sp³-hybridized carbons (Fsp3) is 0.143. The Hall–Kier alpha value is -3.14. The van der Waals surface area contributed by atoms with Gasteiger partial charge in [-0.2, -0.15) is 0 Å². The van der Waals surface area contributed by atoms with Crippen molar-refractivity contribution in [1.82, 2.24) is 4.98 Å². The molecule has 0 aliphatic heterocycles. The predicted octanol–water partition coefficient (Wildman–Crippen LogP) is 4.66. The van der Waals surface area contributed by atoms with E-state index >= 15 is 0 Å². The number of para-hydroxylation sites is 1. The van der Waals surface area contributed by atoms with Gasteiger partial charge < -0.3 is 10.2 Å². The van der Waals surface area contributed by atoms with Crippen molar-refractivity contribution in [3.8, 4) is 0 Å². The van der Waals surface area contributed by atoms with Gasteiger partial charge >= 0.3 is 0 Å². The summed E-state index contributed by atoms with van der Waals surface area (Å²) in [5.74, 6) is -0.167. The van der Waals surface area contributed by atoms with Crippen molar-refractivity contribution < 1.29 is 4.79 Å². The highest BCUT2D eigenvalue weighted by Gasteiger charge is 2.10. The van der Waals surface area contributed by atoms with Crippen LogP contribution in [0.1, 0.15) is 22.8 Å². The Morgan fingerprint density at radius 1 is 1.00 bits per heavy atom. The Bertz CT molecular complexity index is 845. The van der Waals surface area contributed by atoms with E-state index in [2.05, 4.69) is 17.2 Å². The SMILES string of the molecule is CCc1ccc(NC(=O)c2cncc(N(C)c3ccccc3)c2)cc1. The van der Waals surface area contributed by atoms with Crippen LogP contribution in [-0.4, -0.2) is 17.9 Å². The van der Waals surface area contributed by atoms with E-state index in [0.717, 1.165) is 23.5 Å². The number of carbonyl (C=O) groups is 1. The third-order valence-corrected chi connectivity index (χ3v) is 4.14. The van der Waals surface area contributed by atoms with Crippen molar-refractivity contribution in [2.24, 2.45) is 0 Å². The maximum absolute atomic E-state index is 12.5. The number of nitrogens with zero attached hydrogens (tertiary/aromatic N) is 2. The number of benzene rings is 2. The summed E-state index contributed by atoms with van der Waals surface area (Å²) in [5, 5.41) is 2.92. The summed E-state index contributed by atoms with van der Waals surface area (Å²) in [4.78, 5) is 18.7. The van der Waals surface area contributed by atoms with Gasteiger partial charge in [-0.15, -0.1) is 0 Å². The van der Waals surface area contributed by atoms with Gasteiger partial charge in [0.15, 0.2) is 0 Å². The monoisotopic (exact) mass is 331 g/mol. The molecule has 0 fully saturated rings. The van der Waals surface area contributed by atoms with Crippen molar-refractivity contribution in [2.75, 3.05) is 17.3 Å². The molecule has 3 aromatic rings. The molecule has 2 aromatic carbocycles. The first-order valence-electron chi connectivity index (χ1n) is 8.31. The second-order valence-electron chi connectivity index (χ2n) is 5.83. The molecular formula is C21H21N3O. The quantitative estimate of drug-likeness (QED) is 0.739. The number of pyridine rings is 1. The molecule has 0 saturated heterocycles. The molecule has 126 valence electrons. The molecule has 3 rings (SSSR count). The van der Waals surface area contributed by atoms with Gasteiger partial charge in [-0.3, -0.25) is 9.78 Å². The first kappa shape index (κ1) is 16.7. The minimum absolute atomic E-state index is 0.167. The molecule has 1 N–H and O–H groups in total. The van der Waals surface area contributed by atoms with Crippen molar-refractivity contribution in [2.45, 2.75) is 13.3 Å². The minimum Gasteiger partial charge on any atom is -0.343 e. The second-order valence-corrected chi connectivity index (χ2v) is 5.83. The highest BCUT2D eigenvalue weighted by Crippen LogP contribution is 2.23. The van der Waals surface area contributed by atoms with Gasteiger partial charge in [-0.05, 0) is 42.3 Å². The molecule has 0 aliphatic carbocycles. The van der Waals surface area contributed by atoms with Gasteiger partial charge in [0.25, 0.3) is 5.91 Å². The van der Waals surface area contributed by atoms with Crippen molar-refractivity contribution in [3.63, 3.8) is 0 Å². The number of anilines is 3. The van der Waals surface area contributed by atoms with Crippen LogP contribution in [0.25, 0.3) is 0 Å². The third-order valence-electron chi connectivity index (χ3n) is 4.14. The summed E-state index contributed by atoms with van der Waals surface area (Å²) in [5.41, 5.74) is 4.45. The van der Waals surface area contributed by atoms with Crippen LogP contribution in [0.4, 0.5) is 17.1 Å². The zero-order chi connectivity index (χ0) is 17.6. The molecule has 1 amide bonds. The number of amides is 1. The molecule has 0 aliphatic rings. The average molecular weight is 331 g/mol. The number of hydrogen-bond acceptors (Lipinski definition) is 3. The fourth-order valence-corrected chi connectivity index (χ4v) is 2.56. The summed E-state index contributed by atoms with van der Waals surface area (Å²) in [6.07, 6.45) is 4.31. The molecule has 1 heterocycles. The molecule has 4 heteroatoms. The summed E-state index contributed by atoms with van der Waals surface area (Å²) in [6, 6.07) is 19.7. The van der Waals surface area contributed by atoms with Crippen LogP contribution in [0.3, 0.4) is 0 Å². The normalized spacial score (nSPS) is 10.3. The zero-order valence-electron chi connectivity index (χ0n) is 14.4. The van der Waals surface area contributed by atoms with Crippen molar-refractivity contribution >= 4 is 23.0 Å².